The SMILES string of the molecule is CC(=O)OC(=O)C(C)O.[CaH2].[CaH2]. The first-order valence-electron chi connectivity index (χ1n) is 2.44. The molecule has 0 aromatic carbocycles. The van der Waals surface area contributed by atoms with Gasteiger partial charge in [0.2, 0.25) is 0 Å². The molecule has 1 atom stereocenters. The van der Waals surface area contributed by atoms with Crippen molar-refractivity contribution >= 4 is 87.4 Å². The third-order valence-corrected chi connectivity index (χ3v) is 0.585. The van der Waals surface area contributed by atoms with Crippen LogP contribution in [0.3, 0.4) is 0 Å². The van der Waals surface area contributed by atoms with Gasteiger partial charge in [-0.15, -0.1) is 0 Å². The molecule has 0 aliphatic rings. The second-order valence-corrected chi connectivity index (χ2v) is 1.59. The van der Waals surface area contributed by atoms with E-state index in [0.29, 0.717) is 0 Å². The Morgan fingerprint density at radius 3 is 1.82 bits per heavy atom. The van der Waals surface area contributed by atoms with Crippen LogP contribution >= 0.6 is 0 Å². The van der Waals surface area contributed by atoms with Crippen molar-refractivity contribution in [3.63, 3.8) is 0 Å². The normalized spacial score (nSPS) is 10.1. The van der Waals surface area contributed by atoms with Crippen molar-refractivity contribution in [2.24, 2.45) is 0 Å². The van der Waals surface area contributed by atoms with Gasteiger partial charge in [-0.3, -0.25) is 4.79 Å². The second kappa shape index (κ2) is 9.71. The molecule has 0 amide bonds. The van der Waals surface area contributed by atoms with E-state index in [9.17, 15) is 9.59 Å². The Bertz CT molecular complexity index is 134. The van der Waals surface area contributed by atoms with Gasteiger partial charge in [-0.2, -0.15) is 0 Å². The van der Waals surface area contributed by atoms with E-state index >= 15 is 0 Å². The van der Waals surface area contributed by atoms with Crippen LogP contribution in [0.5, 0.6) is 0 Å². The first kappa shape index (κ1) is 18.4. The zero-order valence-electron chi connectivity index (χ0n) is 5.25. The molecule has 0 rings (SSSR count). The molecule has 1 N–H and O–H groups in total. The molecule has 0 saturated carbocycles. The van der Waals surface area contributed by atoms with Gasteiger partial charge >= 0.3 is 87.4 Å². The standard InChI is InChI=1S/C5H8O4.2Ca.4H/c1-3(6)5(8)9-4(2)7;;;;;;/h3,6H,1-2H3;;;;;;. The average Bonchev–Trinajstić information content (AvgIpc) is 1.63. The molecule has 0 bridgehead atoms. The van der Waals surface area contributed by atoms with Crippen molar-refractivity contribution in [1.29, 1.82) is 0 Å². The number of rotatable bonds is 1. The number of aliphatic hydroxyl groups excluding tert-OH is 1. The van der Waals surface area contributed by atoms with Gasteiger partial charge in [0.1, 0.15) is 6.10 Å². The van der Waals surface area contributed by atoms with Crippen LogP contribution < -0.4 is 0 Å². The first-order valence-corrected chi connectivity index (χ1v) is 2.44. The molecule has 0 aromatic rings. The van der Waals surface area contributed by atoms with Gasteiger partial charge < -0.3 is 9.84 Å². The molecule has 0 fully saturated rings. The fourth-order valence-corrected chi connectivity index (χ4v) is 0.227. The van der Waals surface area contributed by atoms with Crippen molar-refractivity contribution in [2.45, 2.75) is 20.0 Å². The van der Waals surface area contributed by atoms with Gasteiger partial charge in [0, 0.05) is 6.92 Å². The maximum atomic E-state index is 10.3. The molecule has 0 aliphatic carbocycles. The fourth-order valence-electron chi connectivity index (χ4n) is 0.227. The minimum absolute atomic E-state index is 0. The van der Waals surface area contributed by atoms with Crippen molar-refractivity contribution in [3.05, 3.63) is 0 Å². The van der Waals surface area contributed by atoms with E-state index < -0.39 is 18.0 Å². The molecule has 0 aromatic heterocycles. The van der Waals surface area contributed by atoms with E-state index in [1.54, 1.807) is 0 Å². The molecule has 4 nitrogen and oxygen atoms in total. The topological polar surface area (TPSA) is 63.6 Å². The van der Waals surface area contributed by atoms with E-state index in [2.05, 4.69) is 4.74 Å². The van der Waals surface area contributed by atoms with Gasteiger partial charge in [0.15, 0.2) is 0 Å². The third kappa shape index (κ3) is 11.6. The van der Waals surface area contributed by atoms with Crippen molar-refractivity contribution < 1.29 is 19.4 Å². The van der Waals surface area contributed by atoms with Crippen LogP contribution in [-0.4, -0.2) is 98.6 Å². The van der Waals surface area contributed by atoms with Crippen LogP contribution in [0.25, 0.3) is 0 Å². The second-order valence-electron chi connectivity index (χ2n) is 1.59. The number of carbonyl (C=O) groups excluding carboxylic acids is 2. The molecule has 11 heavy (non-hydrogen) atoms. The summed E-state index contributed by atoms with van der Waals surface area (Å²) in [6, 6.07) is 0. The zero-order valence-corrected chi connectivity index (χ0v) is 5.25. The zero-order chi connectivity index (χ0) is 7.44. The molecule has 6 heteroatoms. The number of hydrogen-bond acceptors (Lipinski definition) is 4. The van der Waals surface area contributed by atoms with E-state index in [1.807, 2.05) is 0 Å². The van der Waals surface area contributed by atoms with Gasteiger partial charge in [0.05, 0.1) is 0 Å². The number of aliphatic hydroxyl groups is 1. The Labute approximate surface area is 125 Å². The van der Waals surface area contributed by atoms with Crippen molar-refractivity contribution in [2.75, 3.05) is 0 Å². The van der Waals surface area contributed by atoms with Crippen LogP contribution in [0.1, 0.15) is 13.8 Å². The Balaban J connectivity index is -0.000000320. The molecule has 0 heterocycles. The van der Waals surface area contributed by atoms with E-state index in [4.69, 9.17) is 5.11 Å². The first-order chi connectivity index (χ1) is 4.04. The minimum atomic E-state index is -1.23. The van der Waals surface area contributed by atoms with Gasteiger partial charge in [-0.05, 0) is 6.92 Å². The van der Waals surface area contributed by atoms with E-state index in [-0.39, 0.29) is 75.5 Å². The van der Waals surface area contributed by atoms with E-state index in [1.165, 1.54) is 6.92 Å². The summed E-state index contributed by atoms with van der Waals surface area (Å²) in [5, 5.41) is 8.44. The monoisotopic (exact) mass is 216 g/mol. The molecule has 0 saturated heterocycles. The summed E-state index contributed by atoms with van der Waals surface area (Å²) in [6.07, 6.45) is -1.23. The Morgan fingerprint density at radius 2 is 1.73 bits per heavy atom. The Hall–Kier alpha value is 1.62. The van der Waals surface area contributed by atoms with Crippen LogP contribution in [0.4, 0.5) is 0 Å². The van der Waals surface area contributed by atoms with Crippen molar-refractivity contribution in [3.8, 4) is 0 Å². The van der Waals surface area contributed by atoms with Gasteiger partial charge in [-0.1, -0.05) is 0 Å². The summed E-state index contributed by atoms with van der Waals surface area (Å²) in [4.78, 5) is 20.3. The van der Waals surface area contributed by atoms with Gasteiger partial charge in [0.25, 0.3) is 0 Å². The molecular formula is C5H12Ca2O4. The average molecular weight is 216 g/mol. The Morgan fingerprint density at radius 1 is 1.36 bits per heavy atom. The molecular weight excluding hydrogens is 204 g/mol. The number of hydrogen-bond donors (Lipinski definition) is 1. The molecule has 1 unspecified atom stereocenters. The quantitative estimate of drug-likeness (QED) is 0.302. The number of esters is 2. The van der Waals surface area contributed by atoms with E-state index in [0.717, 1.165) is 6.92 Å². The summed E-state index contributed by atoms with van der Waals surface area (Å²) in [5.74, 6) is -1.62. The van der Waals surface area contributed by atoms with Crippen LogP contribution in [-0.2, 0) is 14.3 Å². The maximum absolute atomic E-state index is 10.3. The summed E-state index contributed by atoms with van der Waals surface area (Å²) >= 11 is 0. The number of ether oxygens (including phenoxy) is 1. The van der Waals surface area contributed by atoms with Crippen LogP contribution in [0, 0.1) is 0 Å². The Kier molecular flexibility index (Phi) is 16.2. The number of carbonyl (C=O) groups is 2. The summed E-state index contributed by atoms with van der Waals surface area (Å²) < 4.78 is 3.98. The van der Waals surface area contributed by atoms with Crippen LogP contribution in [0.2, 0.25) is 0 Å². The summed E-state index contributed by atoms with van der Waals surface area (Å²) in [7, 11) is 0. The van der Waals surface area contributed by atoms with Crippen molar-refractivity contribution in [1.82, 2.24) is 0 Å². The molecule has 0 spiro atoms. The molecule has 60 valence electrons. The predicted octanol–water partition coefficient (Wildman–Crippen LogP) is -2.38. The molecule has 0 aliphatic heterocycles. The summed E-state index contributed by atoms with van der Waals surface area (Å²) in [5.41, 5.74) is 0. The molecule has 0 radical (unpaired) electrons. The third-order valence-electron chi connectivity index (χ3n) is 0.585. The fraction of sp³-hybridized carbons (Fsp3) is 0.600. The predicted molar refractivity (Wildman–Crippen MR) is 45.5 cm³/mol. The van der Waals surface area contributed by atoms with Gasteiger partial charge in [-0.25, -0.2) is 4.79 Å². The summed E-state index contributed by atoms with van der Waals surface area (Å²) in [6.45, 7) is 2.32. The van der Waals surface area contributed by atoms with Crippen LogP contribution in [0.15, 0.2) is 0 Å².